The van der Waals surface area contributed by atoms with Gasteiger partial charge in [0.1, 0.15) is 0 Å². The summed E-state index contributed by atoms with van der Waals surface area (Å²) in [6.45, 7) is 8.08. The summed E-state index contributed by atoms with van der Waals surface area (Å²) in [6, 6.07) is 0.669. The Balaban J connectivity index is 2.44. The van der Waals surface area contributed by atoms with Crippen LogP contribution in [0.2, 0.25) is 0 Å². The Morgan fingerprint density at radius 1 is 1.40 bits per heavy atom. The van der Waals surface area contributed by atoms with Gasteiger partial charge in [0, 0.05) is 6.04 Å². The highest BCUT2D eigenvalue weighted by molar-refractivity contribution is 5.15. The second kappa shape index (κ2) is 7.05. The zero-order chi connectivity index (χ0) is 11.1. The van der Waals surface area contributed by atoms with Crippen LogP contribution in [-0.4, -0.2) is 12.6 Å². The first-order valence-electron chi connectivity index (χ1n) is 6.70. The van der Waals surface area contributed by atoms with Crippen LogP contribution in [0.25, 0.3) is 0 Å². The minimum Gasteiger partial charge on any atom is -0.310 e. The maximum absolute atomic E-state index is 3.71. The SMILES string of the molecule is CCCNC(CC(C)CC)C1=CCCC1. The molecule has 0 aromatic rings. The van der Waals surface area contributed by atoms with Gasteiger partial charge in [0.25, 0.3) is 0 Å². The topological polar surface area (TPSA) is 12.0 Å². The molecule has 1 N–H and O–H groups in total. The normalized spacial score (nSPS) is 20.1. The molecule has 0 aliphatic heterocycles. The summed E-state index contributed by atoms with van der Waals surface area (Å²) < 4.78 is 0. The molecule has 1 heteroatoms. The second-order valence-electron chi connectivity index (χ2n) is 4.93. The minimum atomic E-state index is 0.669. The van der Waals surface area contributed by atoms with Crippen molar-refractivity contribution in [3.05, 3.63) is 11.6 Å². The largest absolute Gasteiger partial charge is 0.310 e. The molecule has 0 fully saturated rings. The van der Waals surface area contributed by atoms with Crippen molar-refractivity contribution in [2.75, 3.05) is 6.54 Å². The minimum absolute atomic E-state index is 0.669. The van der Waals surface area contributed by atoms with Gasteiger partial charge >= 0.3 is 0 Å². The fourth-order valence-electron chi connectivity index (χ4n) is 2.27. The summed E-state index contributed by atoms with van der Waals surface area (Å²) in [6.07, 6.45) is 10.3. The molecule has 0 amide bonds. The van der Waals surface area contributed by atoms with E-state index in [0.717, 1.165) is 5.92 Å². The van der Waals surface area contributed by atoms with Crippen molar-refractivity contribution in [1.82, 2.24) is 5.32 Å². The first kappa shape index (κ1) is 12.8. The highest BCUT2D eigenvalue weighted by Gasteiger charge is 2.18. The molecule has 0 bridgehead atoms. The van der Waals surface area contributed by atoms with Crippen molar-refractivity contribution < 1.29 is 0 Å². The van der Waals surface area contributed by atoms with E-state index >= 15 is 0 Å². The standard InChI is InChI=1S/C14H27N/c1-4-10-15-14(11-12(3)5-2)13-8-6-7-9-13/h8,12,14-15H,4-7,9-11H2,1-3H3. The van der Waals surface area contributed by atoms with Crippen LogP contribution >= 0.6 is 0 Å². The Morgan fingerprint density at radius 3 is 2.73 bits per heavy atom. The van der Waals surface area contributed by atoms with Gasteiger partial charge in [-0.05, 0) is 44.6 Å². The Kier molecular flexibility index (Phi) is 6.00. The predicted octanol–water partition coefficient (Wildman–Crippen LogP) is 3.90. The van der Waals surface area contributed by atoms with E-state index < -0.39 is 0 Å². The number of rotatable bonds is 7. The maximum Gasteiger partial charge on any atom is 0.0281 e. The molecule has 1 nitrogen and oxygen atoms in total. The van der Waals surface area contributed by atoms with Gasteiger partial charge in [-0.2, -0.15) is 0 Å². The number of allylic oxidation sites excluding steroid dienone is 1. The van der Waals surface area contributed by atoms with E-state index in [1.165, 1.54) is 45.1 Å². The first-order valence-corrected chi connectivity index (χ1v) is 6.70. The molecule has 1 aliphatic carbocycles. The summed E-state index contributed by atoms with van der Waals surface area (Å²) >= 11 is 0. The van der Waals surface area contributed by atoms with Crippen LogP contribution < -0.4 is 5.32 Å². The van der Waals surface area contributed by atoms with E-state index in [4.69, 9.17) is 0 Å². The molecule has 1 aliphatic rings. The van der Waals surface area contributed by atoms with Crippen molar-refractivity contribution in [1.29, 1.82) is 0 Å². The molecule has 0 spiro atoms. The highest BCUT2D eigenvalue weighted by atomic mass is 14.9. The second-order valence-corrected chi connectivity index (χ2v) is 4.93. The van der Waals surface area contributed by atoms with Crippen LogP contribution in [0.15, 0.2) is 11.6 Å². The third-order valence-electron chi connectivity index (χ3n) is 3.50. The van der Waals surface area contributed by atoms with Crippen molar-refractivity contribution in [2.45, 2.75) is 65.3 Å². The summed E-state index contributed by atoms with van der Waals surface area (Å²) in [7, 11) is 0. The van der Waals surface area contributed by atoms with Gasteiger partial charge in [-0.15, -0.1) is 0 Å². The van der Waals surface area contributed by atoms with E-state index in [0.29, 0.717) is 6.04 Å². The zero-order valence-electron chi connectivity index (χ0n) is 10.7. The Hall–Kier alpha value is -0.300. The summed E-state index contributed by atoms with van der Waals surface area (Å²) in [4.78, 5) is 0. The monoisotopic (exact) mass is 209 g/mol. The fourth-order valence-corrected chi connectivity index (χ4v) is 2.27. The molecule has 2 atom stereocenters. The van der Waals surface area contributed by atoms with Crippen molar-refractivity contribution in [2.24, 2.45) is 5.92 Å². The molecule has 15 heavy (non-hydrogen) atoms. The Labute approximate surface area is 95.3 Å². The lowest BCUT2D eigenvalue weighted by Crippen LogP contribution is -2.32. The van der Waals surface area contributed by atoms with E-state index in [-0.39, 0.29) is 0 Å². The molecule has 0 saturated carbocycles. The van der Waals surface area contributed by atoms with Crippen molar-refractivity contribution in [3.63, 3.8) is 0 Å². The summed E-state index contributed by atoms with van der Waals surface area (Å²) in [5.41, 5.74) is 1.68. The van der Waals surface area contributed by atoms with Gasteiger partial charge in [0.15, 0.2) is 0 Å². The van der Waals surface area contributed by atoms with Crippen LogP contribution in [0.5, 0.6) is 0 Å². The molecular weight excluding hydrogens is 182 g/mol. The van der Waals surface area contributed by atoms with Crippen LogP contribution in [0.3, 0.4) is 0 Å². The van der Waals surface area contributed by atoms with E-state index in [1.807, 2.05) is 0 Å². The number of nitrogens with one attached hydrogen (secondary N) is 1. The van der Waals surface area contributed by atoms with Crippen LogP contribution in [0.4, 0.5) is 0 Å². The Morgan fingerprint density at radius 2 is 2.20 bits per heavy atom. The molecular formula is C14H27N. The van der Waals surface area contributed by atoms with Gasteiger partial charge in [-0.3, -0.25) is 0 Å². The zero-order valence-corrected chi connectivity index (χ0v) is 10.7. The molecule has 0 aromatic heterocycles. The summed E-state index contributed by atoms with van der Waals surface area (Å²) in [5.74, 6) is 0.848. The fraction of sp³-hybridized carbons (Fsp3) is 0.857. The molecule has 0 radical (unpaired) electrons. The van der Waals surface area contributed by atoms with Gasteiger partial charge in [0.05, 0.1) is 0 Å². The quantitative estimate of drug-likeness (QED) is 0.627. The lowest BCUT2D eigenvalue weighted by Gasteiger charge is -2.23. The molecule has 0 heterocycles. The number of hydrogen-bond acceptors (Lipinski definition) is 1. The highest BCUT2D eigenvalue weighted by Crippen LogP contribution is 2.25. The van der Waals surface area contributed by atoms with Gasteiger partial charge in [-0.1, -0.05) is 38.8 Å². The molecule has 88 valence electrons. The number of hydrogen-bond donors (Lipinski definition) is 1. The molecule has 0 aromatic carbocycles. The third-order valence-corrected chi connectivity index (χ3v) is 3.50. The lowest BCUT2D eigenvalue weighted by atomic mass is 9.93. The lowest BCUT2D eigenvalue weighted by molar-refractivity contribution is 0.422. The van der Waals surface area contributed by atoms with Gasteiger partial charge in [-0.25, -0.2) is 0 Å². The molecule has 1 rings (SSSR count). The van der Waals surface area contributed by atoms with Crippen molar-refractivity contribution >= 4 is 0 Å². The van der Waals surface area contributed by atoms with Crippen LogP contribution in [-0.2, 0) is 0 Å². The Bertz CT molecular complexity index is 196. The smallest absolute Gasteiger partial charge is 0.0281 e. The predicted molar refractivity (Wildman–Crippen MR) is 68.1 cm³/mol. The van der Waals surface area contributed by atoms with E-state index in [2.05, 4.69) is 32.2 Å². The molecule has 0 saturated heterocycles. The third kappa shape index (κ3) is 4.38. The average molecular weight is 209 g/mol. The van der Waals surface area contributed by atoms with E-state index in [1.54, 1.807) is 5.57 Å². The van der Waals surface area contributed by atoms with Crippen LogP contribution in [0.1, 0.15) is 59.3 Å². The van der Waals surface area contributed by atoms with Crippen molar-refractivity contribution in [3.8, 4) is 0 Å². The summed E-state index contributed by atoms with van der Waals surface area (Å²) in [5, 5.41) is 3.71. The van der Waals surface area contributed by atoms with E-state index in [9.17, 15) is 0 Å². The average Bonchev–Trinajstić information content (AvgIpc) is 2.77. The first-order chi connectivity index (χ1) is 7.27. The van der Waals surface area contributed by atoms with Gasteiger partial charge in [0.2, 0.25) is 0 Å². The van der Waals surface area contributed by atoms with Gasteiger partial charge < -0.3 is 5.32 Å². The molecule has 2 unspecified atom stereocenters. The van der Waals surface area contributed by atoms with Crippen LogP contribution in [0, 0.1) is 5.92 Å². The maximum atomic E-state index is 3.71.